The van der Waals surface area contributed by atoms with Gasteiger partial charge in [0.05, 0.1) is 28.8 Å². The summed E-state index contributed by atoms with van der Waals surface area (Å²) in [6.45, 7) is 0.634. The van der Waals surface area contributed by atoms with E-state index in [9.17, 15) is 9.59 Å². The lowest BCUT2D eigenvalue weighted by molar-refractivity contribution is -0.123. The number of para-hydroxylation sites is 1. The molecule has 1 aliphatic heterocycles. The zero-order valence-corrected chi connectivity index (χ0v) is 16.6. The molecule has 1 aliphatic rings. The monoisotopic (exact) mass is 423 g/mol. The van der Waals surface area contributed by atoms with Crippen LogP contribution in [0.1, 0.15) is 5.56 Å². The van der Waals surface area contributed by atoms with E-state index in [1.165, 1.54) is 0 Å². The van der Waals surface area contributed by atoms with Crippen molar-refractivity contribution < 1.29 is 19.1 Å². The van der Waals surface area contributed by atoms with E-state index in [0.29, 0.717) is 33.8 Å². The number of benzene rings is 2. The Kier molecular flexibility index (Phi) is 6.61. The molecule has 0 aromatic heterocycles. The zero-order chi connectivity index (χ0) is 20.1. The fourth-order valence-electron chi connectivity index (χ4n) is 2.65. The summed E-state index contributed by atoms with van der Waals surface area (Å²) in [6, 6.07) is 10.5. The molecule has 0 saturated carbocycles. The third-order valence-electron chi connectivity index (χ3n) is 3.98. The molecule has 0 aliphatic carbocycles. The van der Waals surface area contributed by atoms with Gasteiger partial charge in [-0.3, -0.25) is 14.5 Å². The summed E-state index contributed by atoms with van der Waals surface area (Å²) in [7, 11) is 1.67. The van der Waals surface area contributed by atoms with Gasteiger partial charge in [-0.2, -0.15) is 0 Å². The van der Waals surface area contributed by atoms with Crippen molar-refractivity contribution in [2.24, 2.45) is 0 Å². The number of hydrogen-bond donors (Lipinski definition) is 2. The molecule has 0 atom stereocenters. The van der Waals surface area contributed by atoms with Gasteiger partial charge in [-0.15, -0.1) is 0 Å². The van der Waals surface area contributed by atoms with Gasteiger partial charge in [0.1, 0.15) is 0 Å². The quantitative estimate of drug-likeness (QED) is 0.715. The summed E-state index contributed by atoms with van der Waals surface area (Å²) in [5, 5.41) is 6.18. The van der Waals surface area contributed by atoms with Crippen molar-refractivity contribution in [2.75, 3.05) is 32.2 Å². The molecule has 0 fully saturated rings. The topological polar surface area (TPSA) is 79.9 Å². The number of hydrogen-bond acceptors (Lipinski definition) is 5. The highest BCUT2D eigenvalue weighted by Gasteiger charge is 2.15. The molecule has 0 radical (unpaired) electrons. The number of nitrogens with one attached hydrogen (secondary N) is 2. The van der Waals surface area contributed by atoms with Gasteiger partial charge in [-0.1, -0.05) is 35.3 Å². The molecule has 28 heavy (non-hydrogen) atoms. The highest BCUT2D eigenvalue weighted by Crippen LogP contribution is 2.32. The molecule has 0 bridgehead atoms. The first-order valence-electron chi connectivity index (χ1n) is 8.50. The van der Waals surface area contributed by atoms with Crippen LogP contribution in [0.3, 0.4) is 0 Å². The number of fused-ring (bicyclic) bond motifs is 1. The molecule has 2 amide bonds. The fraction of sp³-hybridized carbons (Fsp3) is 0.263. The Morgan fingerprint density at radius 2 is 1.71 bits per heavy atom. The van der Waals surface area contributed by atoms with E-state index >= 15 is 0 Å². The number of carbonyl (C=O) groups excluding carboxylic acids is 2. The van der Waals surface area contributed by atoms with Crippen LogP contribution in [0.15, 0.2) is 36.4 Å². The number of halogens is 2. The predicted octanol–water partition coefficient (Wildman–Crippen LogP) is 2.91. The zero-order valence-electron chi connectivity index (χ0n) is 15.1. The Balaban J connectivity index is 1.44. The second kappa shape index (κ2) is 9.14. The van der Waals surface area contributed by atoms with Crippen molar-refractivity contribution >= 4 is 40.7 Å². The molecule has 1 heterocycles. The number of likely N-dealkylation sites (N-methyl/N-ethyl adjacent to an activating group) is 1. The minimum atomic E-state index is -0.318. The average Bonchev–Trinajstić information content (AvgIpc) is 3.11. The first-order valence-corrected chi connectivity index (χ1v) is 9.25. The van der Waals surface area contributed by atoms with Gasteiger partial charge in [0.25, 0.3) is 0 Å². The summed E-state index contributed by atoms with van der Waals surface area (Å²) in [6.07, 6.45) is 0. The van der Waals surface area contributed by atoms with Crippen LogP contribution in [0.2, 0.25) is 10.0 Å². The minimum Gasteiger partial charge on any atom is -0.454 e. The van der Waals surface area contributed by atoms with Crippen LogP contribution >= 0.6 is 23.2 Å². The van der Waals surface area contributed by atoms with Crippen LogP contribution in [0.4, 0.5) is 5.69 Å². The third-order valence-corrected chi connectivity index (χ3v) is 4.61. The van der Waals surface area contributed by atoms with Crippen LogP contribution in [0.25, 0.3) is 0 Å². The lowest BCUT2D eigenvalue weighted by Gasteiger charge is -2.17. The van der Waals surface area contributed by atoms with Crippen LogP contribution in [-0.4, -0.2) is 43.6 Å². The van der Waals surface area contributed by atoms with E-state index in [-0.39, 0.29) is 31.7 Å². The largest absolute Gasteiger partial charge is 0.454 e. The molecule has 0 saturated heterocycles. The van der Waals surface area contributed by atoms with Crippen LogP contribution in [0.5, 0.6) is 11.5 Å². The smallest absolute Gasteiger partial charge is 0.238 e. The van der Waals surface area contributed by atoms with Crippen molar-refractivity contribution in [2.45, 2.75) is 6.54 Å². The number of nitrogens with zero attached hydrogens (tertiary/aromatic N) is 1. The third kappa shape index (κ3) is 5.28. The Labute approximate surface area is 172 Å². The van der Waals surface area contributed by atoms with Crippen LogP contribution in [-0.2, 0) is 16.1 Å². The van der Waals surface area contributed by atoms with E-state index in [4.69, 9.17) is 32.7 Å². The number of rotatable bonds is 7. The molecule has 3 rings (SSSR count). The molecule has 7 nitrogen and oxygen atoms in total. The Morgan fingerprint density at radius 1 is 1.04 bits per heavy atom. The summed E-state index contributed by atoms with van der Waals surface area (Å²) < 4.78 is 10.6. The van der Waals surface area contributed by atoms with Gasteiger partial charge < -0.3 is 20.1 Å². The minimum absolute atomic E-state index is 0.0129. The number of amides is 2. The summed E-state index contributed by atoms with van der Waals surface area (Å²) in [5.74, 6) is 0.836. The molecule has 0 spiro atoms. The van der Waals surface area contributed by atoms with E-state index in [2.05, 4.69) is 10.6 Å². The van der Waals surface area contributed by atoms with Gasteiger partial charge in [0.2, 0.25) is 18.6 Å². The lowest BCUT2D eigenvalue weighted by atomic mass is 10.2. The fourth-order valence-corrected chi connectivity index (χ4v) is 3.14. The van der Waals surface area contributed by atoms with Crippen LogP contribution in [0, 0.1) is 0 Å². The van der Waals surface area contributed by atoms with Crippen molar-refractivity contribution in [3.63, 3.8) is 0 Å². The lowest BCUT2D eigenvalue weighted by Crippen LogP contribution is -2.38. The van der Waals surface area contributed by atoms with Crippen molar-refractivity contribution in [3.8, 4) is 11.5 Å². The Bertz CT molecular complexity index is 871. The molecule has 2 aromatic rings. The highest BCUT2D eigenvalue weighted by atomic mass is 35.5. The predicted molar refractivity (Wildman–Crippen MR) is 107 cm³/mol. The molecular formula is C19H19Cl2N3O4. The van der Waals surface area contributed by atoms with Crippen molar-refractivity contribution in [1.82, 2.24) is 10.2 Å². The molecular weight excluding hydrogens is 405 g/mol. The summed E-state index contributed by atoms with van der Waals surface area (Å²) in [5.41, 5.74) is 1.25. The maximum absolute atomic E-state index is 12.2. The Hall–Kier alpha value is -2.48. The van der Waals surface area contributed by atoms with E-state index in [0.717, 1.165) is 5.56 Å². The molecule has 2 aromatic carbocycles. The Morgan fingerprint density at radius 3 is 2.46 bits per heavy atom. The van der Waals surface area contributed by atoms with Gasteiger partial charge in [-0.05, 0) is 36.9 Å². The summed E-state index contributed by atoms with van der Waals surface area (Å²) >= 11 is 12.1. The summed E-state index contributed by atoms with van der Waals surface area (Å²) in [4.78, 5) is 25.9. The molecule has 148 valence electrons. The highest BCUT2D eigenvalue weighted by molar-refractivity contribution is 6.39. The second-order valence-electron chi connectivity index (χ2n) is 6.28. The van der Waals surface area contributed by atoms with Crippen LogP contribution < -0.4 is 20.1 Å². The molecule has 9 heteroatoms. The van der Waals surface area contributed by atoms with E-state index < -0.39 is 0 Å². The van der Waals surface area contributed by atoms with Gasteiger partial charge in [0.15, 0.2) is 11.5 Å². The molecule has 0 unspecified atom stereocenters. The van der Waals surface area contributed by atoms with E-state index in [1.54, 1.807) is 36.2 Å². The molecule has 2 N–H and O–H groups in total. The standard InChI is InChI=1S/C19H19Cl2N3O4/c1-24(10-18(26)23-19-13(20)3-2-4-14(19)21)9-17(25)22-8-12-5-6-15-16(7-12)28-11-27-15/h2-7H,8-11H2,1H3,(H,22,25)(H,23,26). The van der Waals surface area contributed by atoms with Crippen molar-refractivity contribution in [1.29, 1.82) is 0 Å². The van der Waals surface area contributed by atoms with E-state index in [1.807, 2.05) is 12.1 Å². The number of ether oxygens (including phenoxy) is 2. The van der Waals surface area contributed by atoms with Gasteiger partial charge >= 0.3 is 0 Å². The van der Waals surface area contributed by atoms with Gasteiger partial charge in [-0.25, -0.2) is 0 Å². The number of carbonyl (C=O) groups is 2. The van der Waals surface area contributed by atoms with Gasteiger partial charge in [0, 0.05) is 6.54 Å². The first kappa shape index (κ1) is 20.3. The maximum Gasteiger partial charge on any atom is 0.238 e. The average molecular weight is 424 g/mol. The normalized spacial score (nSPS) is 12.1. The number of anilines is 1. The maximum atomic E-state index is 12.2. The first-order chi connectivity index (χ1) is 13.4. The van der Waals surface area contributed by atoms with Crippen molar-refractivity contribution in [3.05, 3.63) is 52.0 Å². The second-order valence-corrected chi connectivity index (χ2v) is 7.10. The SMILES string of the molecule is CN(CC(=O)NCc1ccc2c(c1)OCO2)CC(=O)Nc1c(Cl)cccc1Cl.